The van der Waals surface area contributed by atoms with E-state index in [4.69, 9.17) is 0 Å². The van der Waals surface area contributed by atoms with E-state index in [2.05, 4.69) is 55.9 Å². The molecule has 0 aliphatic carbocycles. The maximum Gasteiger partial charge on any atom is 0.251 e. The van der Waals surface area contributed by atoms with E-state index < -0.39 is 11.7 Å². The molecule has 0 spiro atoms. The van der Waals surface area contributed by atoms with Gasteiger partial charge in [-0.05, 0) is 71.8 Å². The normalized spacial score (nSPS) is 18.5. The summed E-state index contributed by atoms with van der Waals surface area (Å²) in [5.41, 5.74) is 5.13. The number of benzene rings is 2. The van der Waals surface area contributed by atoms with Crippen LogP contribution in [0.5, 0.6) is 0 Å². The summed E-state index contributed by atoms with van der Waals surface area (Å²) in [6.07, 6.45) is 4.71. The Morgan fingerprint density at radius 1 is 1.09 bits per heavy atom. The van der Waals surface area contributed by atoms with E-state index in [0.29, 0.717) is 62.3 Å². The van der Waals surface area contributed by atoms with Gasteiger partial charge in [-0.2, -0.15) is 5.10 Å². The minimum atomic E-state index is -0.444. The number of H-pyrrole nitrogens is 2. The van der Waals surface area contributed by atoms with Crippen molar-refractivity contribution in [1.82, 2.24) is 25.0 Å². The quantitative estimate of drug-likeness (QED) is 0.272. The fourth-order valence-corrected chi connectivity index (χ4v) is 7.29. The molecule has 8 nitrogen and oxygen atoms in total. The fourth-order valence-electron chi connectivity index (χ4n) is 7.29. The number of piperidine rings is 1. The number of halogens is 1. The first-order valence-corrected chi connectivity index (χ1v) is 16.3. The van der Waals surface area contributed by atoms with Crippen LogP contribution in [-0.2, 0) is 22.6 Å². The number of amides is 2. The smallest absolute Gasteiger partial charge is 0.251 e. The Bertz CT molecular complexity index is 1810. The number of rotatable bonds is 5. The van der Waals surface area contributed by atoms with Gasteiger partial charge in [0.05, 0.1) is 17.2 Å². The molecule has 9 heteroatoms. The number of likely N-dealkylation sites (tertiary alicyclic amines) is 1. The highest BCUT2D eigenvalue weighted by Gasteiger charge is 2.35. The molecule has 0 unspecified atom stereocenters. The van der Waals surface area contributed by atoms with Crippen molar-refractivity contribution < 1.29 is 14.0 Å². The van der Waals surface area contributed by atoms with Crippen molar-refractivity contribution in [3.05, 3.63) is 75.0 Å². The molecule has 2 aromatic heterocycles. The van der Waals surface area contributed by atoms with E-state index in [1.807, 2.05) is 16.0 Å². The van der Waals surface area contributed by atoms with Gasteiger partial charge in [-0.1, -0.05) is 52.8 Å². The Morgan fingerprint density at radius 2 is 1.84 bits per heavy atom. The first-order valence-electron chi connectivity index (χ1n) is 16.3. The third kappa shape index (κ3) is 6.26. The van der Waals surface area contributed by atoms with Crippen molar-refractivity contribution in [2.75, 3.05) is 19.6 Å². The second-order valence-electron chi connectivity index (χ2n) is 14.5. The number of hydrogen-bond acceptors (Lipinski definition) is 4. The van der Waals surface area contributed by atoms with Crippen LogP contribution < -0.4 is 5.56 Å². The van der Waals surface area contributed by atoms with E-state index in [9.17, 15) is 18.8 Å². The van der Waals surface area contributed by atoms with Crippen molar-refractivity contribution in [1.29, 1.82) is 0 Å². The van der Waals surface area contributed by atoms with Gasteiger partial charge in [0.1, 0.15) is 5.82 Å². The molecule has 2 aliphatic rings. The summed E-state index contributed by atoms with van der Waals surface area (Å²) >= 11 is 0. The summed E-state index contributed by atoms with van der Waals surface area (Å²) in [6.45, 7) is 12.9. The van der Waals surface area contributed by atoms with Gasteiger partial charge in [-0.15, -0.1) is 0 Å². The van der Waals surface area contributed by atoms with E-state index in [-0.39, 0.29) is 40.6 Å². The summed E-state index contributed by atoms with van der Waals surface area (Å²) in [5, 5.41) is 9.30. The number of nitrogens with one attached hydrogen (secondary N) is 2. The Kier molecular flexibility index (Phi) is 8.31. The van der Waals surface area contributed by atoms with Crippen LogP contribution in [-0.4, -0.2) is 56.4 Å². The van der Waals surface area contributed by atoms with Crippen molar-refractivity contribution in [3.8, 4) is 0 Å². The number of carbonyl (C=O) groups excluding carboxylic acids is 2. The third-order valence-electron chi connectivity index (χ3n) is 9.60. The van der Waals surface area contributed by atoms with Gasteiger partial charge in [-0.3, -0.25) is 19.5 Å². The number of carbonyl (C=O) groups is 2. The van der Waals surface area contributed by atoms with Gasteiger partial charge in [-0.25, -0.2) is 4.39 Å². The summed E-state index contributed by atoms with van der Waals surface area (Å²) in [5.74, 6) is -0.499. The highest BCUT2D eigenvalue weighted by molar-refractivity contribution is 5.89. The molecule has 45 heavy (non-hydrogen) atoms. The number of para-hydroxylation sites is 1. The second-order valence-corrected chi connectivity index (χ2v) is 14.5. The Balaban J connectivity index is 1.19. The maximum atomic E-state index is 14.2. The lowest BCUT2D eigenvalue weighted by molar-refractivity contribution is -0.143. The molecule has 2 aliphatic heterocycles. The molecule has 1 saturated heterocycles. The van der Waals surface area contributed by atoms with Gasteiger partial charge in [0.2, 0.25) is 11.8 Å². The van der Waals surface area contributed by atoms with Crippen LogP contribution in [0.25, 0.3) is 21.8 Å². The molecule has 6 rings (SSSR count). The van der Waals surface area contributed by atoms with Gasteiger partial charge >= 0.3 is 0 Å². The van der Waals surface area contributed by atoms with Crippen LogP contribution in [0.3, 0.4) is 0 Å². The maximum absolute atomic E-state index is 14.2. The molecular weight excluding hydrogens is 569 g/mol. The number of aromatic amines is 2. The molecule has 2 N–H and O–H groups in total. The van der Waals surface area contributed by atoms with Crippen molar-refractivity contribution in [2.24, 2.45) is 11.3 Å². The zero-order valence-electron chi connectivity index (χ0n) is 27.0. The Hall–Kier alpha value is -4.01. The summed E-state index contributed by atoms with van der Waals surface area (Å²) in [6, 6.07) is 8.84. The predicted molar refractivity (Wildman–Crippen MR) is 175 cm³/mol. The molecule has 0 saturated carbocycles. The first kappa shape index (κ1) is 31.0. The Morgan fingerprint density at radius 3 is 2.56 bits per heavy atom. The lowest BCUT2D eigenvalue weighted by Crippen LogP contribution is -2.45. The number of pyridine rings is 1. The number of fused-ring (bicyclic) bond motifs is 4. The highest BCUT2D eigenvalue weighted by atomic mass is 19.1. The molecule has 0 radical (unpaired) electrons. The van der Waals surface area contributed by atoms with Crippen LogP contribution in [0.15, 0.2) is 41.3 Å². The number of nitrogens with zero attached hydrogens (tertiary/aromatic N) is 3. The monoisotopic (exact) mass is 613 g/mol. The first-order chi connectivity index (χ1) is 21.4. The van der Waals surface area contributed by atoms with Crippen molar-refractivity contribution in [3.63, 3.8) is 0 Å². The molecule has 2 amide bonds. The van der Waals surface area contributed by atoms with Crippen LogP contribution in [0.1, 0.15) is 94.4 Å². The lowest BCUT2D eigenvalue weighted by atomic mass is 9.85. The van der Waals surface area contributed by atoms with E-state index >= 15 is 0 Å². The van der Waals surface area contributed by atoms with Gasteiger partial charge in [0.25, 0.3) is 5.56 Å². The van der Waals surface area contributed by atoms with E-state index in [1.54, 1.807) is 18.2 Å². The van der Waals surface area contributed by atoms with Gasteiger partial charge in [0.15, 0.2) is 0 Å². The molecule has 4 aromatic rings. The molecule has 2 aromatic carbocycles. The zero-order valence-corrected chi connectivity index (χ0v) is 27.0. The molecular formula is C36H44FN5O3. The topological polar surface area (TPSA) is 102 Å². The second kappa shape index (κ2) is 12.1. The highest BCUT2D eigenvalue weighted by Crippen LogP contribution is 2.35. The average molecular weight is 614 g/mol. The Labute approximate surface area is 263 Å². The van der Waals surface area contributed by atoms with Gasteiger partial charge < -0.3 is 14.8 Å². The van der Waals surface area contributed by atoms with E-state index in [0.717, 1.165) is 22.9 Å². The molecule has 4 heterocycles. The SMILES string of the molecule is CC(C)c1cc2c(c3cn[nH]c13)CN(CC(C)(C)C)C(=O)[C@H](CC(=O)N1CCC(c3cc4cccc(F)c4[nH]c3=O)CC1)CC2. The minimum Gasteiger partial charge on any atom is -0.343 e. The molecule has 1 atom stereocenters. The average Bonchev–Trinajstić information content (AvgIpc) is 3.48. The standard InChI is InChI=1S/C36H44FN5O3/c1-21(2)26-15-23-9-10-25(35(45)42(20-36(3,4)5)19-29(23)28-18-38-40-33(26)28)17-31(43)41-13-11-22(12-14-41)27-16-24-7-6-8-30(37)32(24)39-34(27)44/h6-8,15-16,18,21-22,25H,9-14,17,19-20H2,1-5H3,(H,38,40)(H,39,44)/t25-/m0/s1. The zero-order chi connectivity index (χ0) is 32.0. The largest absolute Gasteiger partial charge is 0.343 e. The van der Waals surface area contributed by atoms with E-state index in [1.165, 1.54) is 17.2 Å². The number of hydrogen-bond donors (Lipinski definition) is 2. The third-order valence-corrected chi connectivity index (χ3v) is 9.60. The summed E-state index contributed by atoms with van der Waals surface area (Å²) in [7, 11) is 0. The molecule has 0 bridgehead atoms. The number of aromatic nitrogens is 3. The summed E-state index contributed by atoms with van der Waals surface area (Å²) in [4.78, 5) is 47.2. The van der Waals surface area contributed by atoms with Crippen molar-refractivity contribution in [2.45, 2.75) is 85.1 Å². The molecule has 238 valence electrons. The van der Waals surface area contributed by atoms with Crippen LogP contribution in [0.4, 0.5) is 4.39 Å². The minimum absolute atomic E-state index is 0.00838. The van der Waals surface area contributed by atoms with Crippen LogP contribution >= 0.6 is 0 Å². The summed E-state index contributed by atoms with van der Waals surface area (Å²) < 4.78 is 14.2. The predicted octanol–water partition coefficient (Wildman–Crippen LogP) is 6.40. The van der Waals surface area contributed by atoms with Crippen LogP contribution in [0.2, 0.25) is 0 Å². The lowest BCUT2D eigenvalue weighted by Gasteiger charge is -2.37. The fraction of sp³-hybridized carbons (Fsp3) is 0.500. The van der Waals surface area contributed by atoms with Crippen LogP contribution in [0, 0.1) is 17.2 Å². The number of aryl methyl sites for hydroxylation is 1. The molecule has 1 fully saturated rings. The van der Waals surface area contributed by atoms with Gasteiger partial charge in [0, 0.05) is 54.9 Å². The van der Waals surface area contributed by atoms with Crippen molar-refractivity contribution >= 4 is 33.6 Å².